The largest absolute Gasteiger partial charge is 0.494 e. The van der Waals surface area contributed by atoms with Crippen molar-refractivity contribution in [3.63, 3.8) is 0 Å². The van der Waals surface area contributed by atoms with E-state index in [0.717, 1.165) is 18.9 Å². The summed E-state index contributed by atoms with van der Waals surface area (Å²) in [6.45, 7) is 10.5. The molecule has 0 aliphatic carbocycles. The fraction of sp³-hybridized carbons (Fsp3) is 0.684. The first-order valence-electron chi connectivity index (χ1n) is 8.69. The molecule has 2 nitrogen and oxygen atoms in total. The van der Waals surface area contributed by atoms with Gasteiger partial charge in [0.25, 0.3) is 0 Å². The van der Waals surface area contributed by atoms with Crippen molar-refractivity contribution in [1.82, 2.24) is 5.32 Å². The quantitative estimate of drug-likeness (QED) is 0.551. The van der Waals surface area contributed by atoms with E-state index in [9.17, 15) is 0 Å². The third-order valence-electron chi connectivity index (χ3n) is 3.83. The third-order valence-corrected chi connectivity index (χ3v) is 3.83. The van der Waals surface area contributed by atoms with Gasteiger partial charge in [0.05, 0.1) is 6.61 Å². The van der Waals surface area contributed by atoms with E-state index in [2.05, 4.69) is 51.2 Å². The van der Waals surface area contributed by atoms with E-state index in [1.807, 2.05) is 0 Å². The fourth-order valence-corrected chi connectivity index (χ4v) is 2.69. The summed E-state index contributed by atoms with van der Waals surface area (Å²) in [6.07, 6.45) is 7.62. The minimum Gasteiger partial charge on any atom is -0.494 e. The summed E-state index contributed by atoms with van der Waals surface area (Å²) in [5.74, 6) is 1.05. The molecule has 0 spiro atoms. The Morgan fingerprint density at radius 2 is 1.86 bits per heavy atom. The van der Waals surface area contributed by atoms with E-state index in [1.54, 1.807) is 0 Å². The Bertz CT molecular complexity index is 389. The zero-order valence-electron chi connectivity index (χ0n) is 14.4. The first kappa shape index (κ1) is 18.0. The predicted molar refractivity (Wildman–Crippen MR) is 92.1 cm³/mol. The summed E-state index contributed by atoms with van der Waals surface area (Å²) >= 11 is 0. The molecule has 1 rings (SSSR count). The Morgan fingerprint density at radius 3 is 2.52 bits per heavy atom. The van der Waals surface area contributed by atoms with Gasteiger partial charge in [0.1, 0.15) is 5.75 Å². The number of rotatable bonds is 11. The summed E-state index contributed by atoms with van der Waals surface area (Å²) in [5.41, 5.74) is 2.65. The Balaban J connectivity index is 2.81. The highest BCUT2D eigenvalue weighted by atomic mass is 16.5. The van der Waals surface area contributed by atoms with E-state index in [1.165, 1.54) is 49.7 Å². The van der Waals surface area contributed by atoms with Crippen molar-refractivity contribution in [3.05, 3.63) is 29.3 Å². The standard InChI is InChI=1S/C19H33NO/c1-5-8-9-10-11-18(20-14-6-2)17-15-16(4)12-13-19(17)21-7-3/h12-13,15,18,20H,5-11,14H2,1-4H3. The van der Waals surface area contributed by atoms with Crippen LogP contribution >= 0.6 is 0 Å². The lowest BCUT2D eigenvalue weighted by atomic mass is 9.97. The topological polar surface area (TPSA) is 21.3 Å². The fourth-order valence-electron chi connectivity index (χ4n) is 2.69. The summed E-state index contributed by atoms with van der Waals surface area (Å²) < 4.78 is 5.84. The molecule has 2 heteroatoms. The van der Waals surface area contributed by atoms with E-state index in [-0.39, 0.29) is 0 Å². The van der Waals surface area contributed by atoms with E-state index < -0.39 is 0 Å². The molecule has 0 bridgehead atoms. The van der Waals surface area contributed by atoms with Gasteiger partial charge in [-0.15, -0.1) is 0 Å². The second kappa shape index (κ2) is 10.7. The number of nitrogens with one attached hydrogen (secondary N) is 1. The molecule has 0 aromatic heterocycles. The third kappa shape index (κ3) is 6.52. The minimum absolute atomic E-state index is 0.420. The lowest BCUT2D eigenvalue weighted by Gasteiger charge is -2.22. The number of unbranched alkanes of at least 4 members (excludes halogenated alkanes) is 3. The van der Waals surface area contributed by atoms with Gasteiger partial charge in [-0.25, -0.2) is 0 Å². The smallest absolute Gasteiger partial charge is 0.124 e. The van der Waals surface area contributed by atoms with Gasteiger partial charge < -0.3 is 10.1 Å². The van der Waals surface area contributed by atoms with Gasteiger partial charge in [-0.05, 0) is 39.3 Å². The van der Waals surface area contributed by atoms with Crippen molar-refractivity contribution >= 4 is 0 Å². The number of ether oxygens (including phenoxy) is 1. The maximum Gasteiger partial charge on any atom is 0.124 e. The average molecular weight is 291 g/mol. The summed E-state index contributed by atoms with van der Waals surface area (Å²) in [6, 6.07) is 6.98. The molecule has 0 aliphatic heterocycles. The van der Waals surface area contributed by atoms with Crippen LogP contribution in [0.1, 0.15) is 76.5 Å². The van der Waals surface area contributed by atoms with Crippen LogP contribution in [0.2, 0.25) is 0 Å². The van der Waals surface area contributed by atoms with Crippen molar-refractivity contribution in [3.8, 4) is 5.75 Å². The molecule has 1 N–H and O–H groups in total. The van der Waals surface area contributed by atoms with E-state index in [0.29, 0.717) is 6.04 Å². The molecule has 1 aromatic rings. The molecule has 0 saturated carbocycles. The molecule has 1 atom stereocenters. The monoisotopic (exact) mass is 291 g/mol. The van der Waals surface area contributed by atoms with Gasteiger partial charge in [-0.2, -0.15) is 0 Å². The second-order valence-corrected chi connectivity index (χ2v) is 5.83. The van der Waals surface area contributed by atoms with Crippen molar-refractivity contribution < 1.29 is 4.74 Å². The molecule has 0 radical (unpaired) electrons. The predicted octanol–water partition coefficient (Wildman–Crippen LogP) is 5.40. The van der Waals surface area contributed by atoms with Crippen LogP contribution in [0.15, 0.2) is 18.2 Å². The number of hydrogen-bond donors (Lipinski definition) is 1. The Morgan fingerprint density at radius 1 is 1.05 bits per heavy atom. The summed E-state index contributed by atoms with van der Waals surface area (Å²) in [5, 5.41) is 3.71. The van der Waals surface area contributed by atoms with Crippen LogP contribution in [0.5, 0.6) is 5.75 Å². The molecule has 0 aliphatic rings. The minimum atomic E-state index is 0.420. The maximum absolute atomic E-state index is 5.84. The molecule has 1 unspecified atom stereocenters. The van der Waals surface area contributed by atoms with Crippen LogP contribution in [0.4, 0.5) is 0 Å². The van der Waals surface area contributed by atoms with Crippen LogP contribution in [0.25, 0.3) is 0 Å². The van der Waals surface area contributed by atoms with Gasteiger partial charge in [-0.1, -0.05) is 57.2 Å². The van der Waals surface area contributed by atoms with Crippen LogP contribution in [0.3, 0.4) is 0 Å². The highest BCUT2D eigenvalue weighted by molar-refractivity contribution is 5.39. The van der Waals surface area contributed by atoms with Crippen molar-refractivity contribution in [2.45, 2.75) is 72.3 Å². The molecule has 0 amide bonds. The molecule has 120 valence electrons. The van der Waals surface area contributed by atoms with Gasteiger partial charge in [0.2, 0.25) is 0 Å². The van der Waals surface area contributed by atoms with Crippen LogP contribution in [-0.4, -0.2) is 13.2 Å². The van der Waals surface area contributed by atoms with Crippen LogP contribution in [0, 0.1) is 6.92 Å². The van der Waals surface area contributed by atoms with Crippen molar-refractivity contribution in [2.75, 3.05) is 13.2 Å². The lowest BCUT2D eigenvalue weighted by Crippen LogP contribution is -2.23. The average Bonchev–Trinajstić information content (AvgIpc) is 2.49. The van der Waals surface area contributed by atoms with Crippen molar-refractivity contribution in [1.29, 1.82) is 0 Å². The Hall–Kier alpha value is -1.02. The van der Waals surface area contributed by atoms with Crippen LogP contribution in [-0.2, 0) is 0 Å². The number of hydrogen-bond acceptors (Lipinski definition) is 2. The number of benzene rings is 1. The molecular formula is C19H33NO. The zero-order chi connectivity index (χ0) is 15.5. The molecule has 1 aromatic carbocycles. The van der Waals surface area contributed by atoms with E-state index >= 15 is 0 Å². The molecular weight excluding hydrogens is 258 g/mol. The van der Waals surface area contributed by atoms with Crippen molar-refractivity contribution in [2.24, 2.45) is 0 Å². The molecule has 0 heterocycles. The van der Waals surface area contributed by atoms with Crippen LogP contribution < -0.4 is 10.1 Å². The normalized spacial score (nSPS) is 12.4. The summed E-state index contributed by atoms with van der Waals surface area (Å²) in [4.78, 5) is 0. The molecule has 0 saturated heterocycles. The first-order chi connectivity index (χ1) is 10.2. The molecule has 0 fully saturated rings. The first-order valence-corrected chi connectivity index (χ1v) is 8.69. The zero-order valence-corrected chi connectivity index (χ0v) is 14.4. The Labute approximate surface area is 131 Å². The lowest BCUT2D eigenvalue weighted by molar-refractivity contribution is 0.328. The van der Waals surface area contributed by atoms with Gasteiger partial charge >= 0.3 is 0 Å². The molecule has 21 heavy (non-hydrogen) atoms. The summed E-state index contributed by atoms with van der Waals surface area (Å²) in [7, 11) is 0. The van der Waals surface area contributed by atoms with Gasteiger partial charge in [0.15, 0.2) is 0 Å². The van der Waals surface area contributed by atoms with Gasteiger partial charge in [0, 0.05) is 11.6 Å². The highest BCUT2D eigenvalue weighted by Crippen LogP contribution is 2.30. The second-order valence-electron chi connectivity index (χ2n) is 5.83. The maximum atomic E-state index is 5.84. The SMILES string of the molecule is CCCCCCC(NCCC)c1cc(C)ccc1OCC. The highest BCUT2D eigenvalue weighted by Gasteiger charge is 2.15. The van der Waals surface area contributed by atoms with Gasteiger partial charge in [-0.3, -0.25) is 0 Å². The number of aryl methyl sites for hydroxylation is 1. The Kier molecular flexibility index (Phi) is 9.16. The van der Waals surface area contributed by atoms with E-state index in [4.69, 9.17) is 4.74 Å².